The van der Waals surface area contributed by atoms with E-state index in [0.29, 0.717) is 12.8 Å². The Hall–Kier alpha value is -1.47. The molecule has 0 aromatic heterocycles. The van der Waals surface area contributed by atoms with Crippen molar-refractivity contribution in [2.75, 3.05) is 6.61 Å². The van der Waals surface area contributed by atoms with Gasteiger partial charge in [-0.3, -0.25) is 0 Å². The molecule has 0 fully saturated rings. The van der Waals surface area contributed by atoms with Crippen molar-refractivity contribution < 1.29 is 18.3 Å². The summed E-state index contributed by atoms with van der Waals surface area (Å²) >= 11 is 0. The SMILES string of the molecule is OCCCC#Cc1ccccc1C(F)(F)F. The van der Waals surface area contributed by atoms with Gasteiger partial charge in [-0.2, -0.15) is 13.2 Å². The highest BCUT2D eigenvalue weighted by atomic mass is 19.4. The van der Waals surface area contributed by atoms with Crippen molar-refractivity contribution in [2.45, 2.75) is 19.0 Å². The van der Waals surface area contributed by atoms with Gasteiger partial charge in [-0.1, -0.05) is 24.0 Å². The van der Waals surface area contributed by atoms with Crippen molar-refractivity contribution >= 4 is 0 Å². The summed E-state index contributed by atoms with van der Waals surface area (Å²) in [5, 5.41) is 8.50. The molecule has 0 amide bonds. The molecule has 0 aliphatic heterocycles. The van der Waals surface area contributed by atoms with Crippen molar-refractivity contribution in [1.29, 1.82) is 0 Å². The summed E-state index contributed by atoms with van der Waals surface area (Å²) in [5.74, 6) is 5.08. The van der Waals surface area contributed by atoms with Gasteiger partial charge in [0.15, 0.2) is 0 Å². The Balaban J connectivity index is 2.90. The minimum absolute atomic E-state index is 0.00437. The van der Waals surface area contributed by atoms with Crippen LogP contribution < -0.4 is 0 Å². The molecule has 1 N–H and O–H groups in total. The van der Waals surface area contributed by atoms with E-state index in [1.165, 1.54) is 18.2 Å². The highest BCUT2D eigenvalue weighted by Gasteiger charge is 2.32. The molecule has 16 heavy (non-hydrogen) atoms. The summed E-state index contributed by atoms with van der Waals surface area (Å²) in [6.07, 6.45) is -3.51. The van der Waals surface area contributed by atoms with Crippen LogP contribution in [0.2, 0.25) is 0 Å². The molecule has 1 aromatic carbocycles. The first-order valence-electron chi connectivity index (χ1n) is 4.81. The van der Waals surface area contributed by atoms with Crippen LogP contribution in [0.5, 0.6) is 0 Å². The molecule has 0 spiro atoms. The highest BCUT2D eigenvalue weighted by Crippen LogP contribution is 2.31. The van der Waals surface area contributed by atoms with Crippen LogP contribution in [0.15, 0.2) is 24.3 Å². The van der Waals surface area contributed by atoms with Crippen LogP contribution in [-0.4, -0.2) is 11.7 Å². The Morgan fingerprint density at radius 2 is 1.88 bits per heavy atom. The van der Waals surface area contributed by atoms with Crippen molar-refractivity contribution in [2.24, 2.45) is 0 Å². The molecule has 0 aliphatic rings. The number of hydrogen-bond acceptors (Lipinski definition) is 1. The molecule has 86 valence electrons. The molecule has 0 atom stereocenters. The fraction of sp³-hybridized carbons (Fsp3) is 0.333. The quantitative estimate of drug-likeness (QED) is 0.609. The molecular weight excluding hydrogens is 217 g/mol. The lowest BCUT2D eigenvalue weighted by atomic mass is 10.1. The molecule has 0 unspecified atom stereocenters. The van der Waals surface area contributed by atoms with Crippen molar-refractivity contribution in [3.63, 3.8) is 0 Å². The number of rotatable bonds is 2. The maximum Gasteiger partial charge on any atom is 0.417 e. The van der Waals surface area contributed by atoms with Crippen LogP contribution >= 0.6 is 0 Å². The molecule has 0 radical (unpaired) electrons. The average molecular weight is 228 g/mol. The summed E-state index contributed by atoms with van der Waals surface area (Å²) in [6.45, 7) is -0.00437. The third-order valence-electron chi connectivity index (χ3n) is 1.92. The van der Waals surface area contributed by atoms with E-state index in [-0.39, 0.29) is 12.2 Å². The second-order valence-electron chi connectivity index (χ2n) is 3.17. The largest absolute Gasteiger partial charge is 0.417 e. The normalized spacial score (nSPS) is 10.8. The number of halogens is 3. The van der Waals surface area contributed by atoms with Crippen molar-refractivity contribution in [1.82, 2.24) is 0 Å². The summed E-state index contributed by atoms with van der Waals surface area (Å²) in [7, 11) is 0. The summed E-state index contributed by atoms with van der Waals surface area (Å²) < 4.78 is 37.5. The van der Waals surface area contributed by atoms with Gasteiger partial charge in [0.05, 0.1) is 5.56 Å². The van der Waals surface area contributed by atoms with Gasteiger partial charge in [-0.15, -0.1) is 0 Å². The minimum Gasteiger partial charge on any atom is -0.396 e. The van der Waals surface area contributed by atoms with E-state index in [0.717, 1.165) is 6.07 Å². The number of benzene rings is 1. The third kappa shape index (κ3) is 3.59. The van der Waals surface area contributed by atoms with Gasteiger partial charge in [0, 0.05) is 18.6 Å². The molecule has 1 aromatic rings. The number of aliphatic hydroxyl groups is 1. The zero-order valence-electron chi connectivity index (χ0n) is 8.51. The number of hydrogen-bond donors (Lipinski definition) is 1. The van der Waals surface area contributed by atoms with Gasteiger partial charge in [0.2, 0.25) is 0 Å². The summed E-state index contributed by atoms with van der Waals surface area (Å²) in [6, 6.07) is 5.21. The van der Waals surface area contributed by atoms with Gasteiger partial charge in [-0.25, -0.2) is 0 Å². The van der Waals surface area contributed by atoms with E-state index in [2.05, 4.69) is 11.8 Å². The smallest absolute Gasteiger partial charge is 0.396 e. The van der Waals surface area contributed by atoms with Crippen LogP contribution in [0.1, 0.15) is 24.0 Å². The first-order valence-corrected chi connectivity index (χ1v) is 4.81. The minimum atomic E-state index is -4.37. The maximum atomic E-state index is 12.5. The van der Waals surface area contributed by atoms with Gasteiger partial charge in [0.1, 0.15) is 0 Å². The van der Waals surface area contributed by atoms with E-state index in [1.807, 2.05) is 0 Å². The molecule has 4 heteroatoms. The van der Waals surface area contributed by atoms with Crippen LogP contribution in [0.25, 0.3) is 0 Å². The zero-order valence-corrected chi connectivity index (χ0v) is 8.51. The topological polar surface area (TPSA) is 20.2 Å². The molecule has 0 heterocycles. The van der Waals surface area contributed by atoms with Crippen LogP contribution in [0, 0.1) is 11.8 Å². The second-order valence-corrected chi connectivity index (χ2v) is 3.17. The molecule has 0 aliphatic carbocycles. The Morgan fingerprint density at radius 1 is 1.19 bits per heavy atom. The molecule has 0 saturated carbocycles. The van der Waals surface area contributed by atoms with Gasteiger partial charge in [0.25, 0.3) is 0 Å². The lowest BCUT2D eigenvalue weighted by Gasteiger charge is -2.07. The summed E-state index contributed by atoms with van der Waals surface area (Å²) in [5.41, 5.74) is -0.737. The summed E-state index contributed by atoms with van der Waals surface area (Å²) in [4.78, 5) is 0. The van der Waals surface area contributed by atoms with E-state index in [4.69, 9.17) is 5.11 Å². The number of aliphatic hydroxyl groups excluding tert-OH is 1. The second kappa shape index (κ2) is 5.57. The van der Waals surface area contributed by atoms with Gasteiger partial charge >= 0.3 is 6.18 Å². The van der Waals surface area contributed by atoms with E-state index in [9.17, 15) is 13.2 Å². The first kappa shape index (κ1) is 12.6. The van der Waals surface area contributed by atoms with Gasteiger partial charge < -0.3 is 5.11 Å². The van der Waals surface area contributed by atoms with Crippen LogP contribution in [0.4, 0.5) is 13.2 Å². The van der Waals surface area contributed by atoms with E-state index < -0.39 is 11.7 Å². The molecule has 1 nitrogen and oxygen atoms in total. The maximum absolute atomic E-state index is 12.5. The molecule has 0 saturated heterocycles. The third-order valence-corrected chi connectivity index (χ3v) is 1.92. The first-order chi connectivity index (χ1) is 7.55. The standard InChI is InChI=1S/C12H11F3O/c13-12(14,15)11-8-4-3-7-10(11)6-2-1-5-9-16/h3-4,7-8,16H,1,5,9H2. The highest BCUT2D eigenvalue weighted by molar-refractivity contribution is 5.42. The Labute approximate surface area is 91.9 Å². The predicted molar refractivity (Wildman–Crippen MR) is 54.6 cm³/mol. The monoisotopic (exact) mass is 228 g/mol. The molecule has 0 bridgehead atoms. The number of alkyl halides is 3. The lowest BCUT2D eigenvalue weighted by Crippen LogP contribution is -2.07. The fourth-order valence-corrected chi connectivity index (χ4v) is 1.16. The predicted octanol–water partition coefficient (Wildman–Crippen LogP) is 2.83. The Kier molecular flexibility index (Phi) is 4.39. The van der Waals surface area contributed by atoms with Crippen molar-refractivity contribution in [3.8, 4) is 11.8 Å². The van der Waals surface area contributed by atoms with Gasteiger partial charge in [-0.05, 0) is 18.6 Å². The fourth-order valence-electron chi connectivity index (χ4n) is 1.16. The molecule has 1 rings (SSSR count). The van der Waals surface area contributed by atoms with Crippen LogP contribution in [0.3, 0.4) is 0 Å². The Bertz CT molecular complexity index is 399. The van der Waals surface area contributed by atoms with E-state index in [1.54, 1.807) is 0 Å². The van der Waals surface area contributed by atoms with Crippen molar-refractivity contribution in [3.05, 3.63) is 35.4 Å². The molecular formula is C12H11F3O. The number of unbranched alkanes of at least 4 members (excludes halogenated alkanes) is 1. The lowest BCUT2D eigenvalue weighted by molar-refractivity contribution is -0.137. The van der Waals surface area contributed by atoms with Crippen LogP contribution in [-0.2, 0) is 6.18 Å². The zero-order chi connectivity index (χ0) is 12.0. The van der Waals surface area contributed by atoms with E-state index >= 15 is 0 Å². The Morgan fingerprint density at radius 3 is 2.50 bits per heavy atom. The average Bonchev–Trinajstić information content (AvgIpc) is 2.24.